The fourth-order valence-corrected chi connectivity index (χ4v) is 3.03. The molecule has 1 saturated carbocycles. The first-order chi connectivity index (χ1) is 9.56. The van der Waals surface area contributed by atoms with E-state index in [1.165, 1.54) is 19.3 Å². The van der Waals surface area contributed by atoms with Gasteiger partial charge in [-0.25, -0.2) is 0 Å². The van der Waals surface area contributed by atoms with Crippen LogP contribution < -0.4 is 11.1 Å². The first-order valence-corrected chi connectivity index (χ1v) is 7.82. The zero-order valence-corrected chi connectivity index (χ0v) is 13.3. The monoisotopic (exact) mass is 340 g/mol. The number of halogens is 1. The Kier molecular flexibility index (Phi) is 5.43. The fraction of sp³-hybridized carbons (Fsp3) is 0.533. The van der Waals surface area contributed by atoms with E-state index in [9.17, 15) is 4.79 Å². The SMILES string of the molecule is CC1CCCCC1OCC(=O)Nc1ccc(N)cc1Br. The molecular weight excluding hydrogens is 320 g/mol. The van der Waals surface area contributed by atoms with Crippen LogP contribution in [0.25, 0.3) is 0 Å². The highest BCUT2D eigenvalue weighted by Gasteiger charge is 2.22. The Morgan fingerprint density at radius 3 is 2.90 bits per heavy atom. The lowest BCUT2D eigenvalue weighted by atomic mass is 9.88. The average Bonchev–Trinajstić information content (AvgIpc) is 2.41. The largest absolute Gasteiger partial charge is 0.399 e. The summed E-state index contributed by atoms with van der Waals surface area (Å²) >= 11 is 3.38. The van der Waals surface area contributed by atoms with Gasteiger partial charge in [-0.3, -0.25) is 4.79 Å². The van der Waals surface area contributed by atoms with Gasteiger partial charge in [0.05, 0.1) is 11.8 Å². The molecule has 0 aromatic heterocycles. The van der Waals surface area contributed by atoms with Crippen LogP contribution >= 0.6 is 15.9 Å². The minimum absolute atomic E-state index is 0.103. The molecule has 0 aliphatic heterocycles. The van der Waals surface area contributed by atoms with Crippen LogP contribution in [0, 0.1) is 5.92 Å². The summed E-state index contributed by atoms with van der Waals surface area (Å²) in [5.74, 6) is 0.410. The lowest BCUT2D eigenvalue weighted by Crippen LogP contribution is -2.29. The number of nitrogens with one attached hydrogen (secondary N) is 1. The van der Waals surface area contributed by atoms with E-state index in [2.05, 4.69) is 28.2 Å². The molecule has 1 aliphatic rings. The third-order valence-electron chi connectivity index (χ3n) is 3.73. The first-order valence-electron chi connectivity index (χ1n) is 7.02. The second-order valence-corrected chi connectivity index (χ2v) is 6.25. The summed E-state index contributed by atoms with van der Waals surface area (Å²) in [6.45, 7) is 2.30. The maximum absolute atomic E-state index is 11.9. The zero-order valence-electron chi connectivity index (χ0n) is 11.7. The molecule has 3 N–H and O–H groups in total. The molecule has 0 radical (unpaired) electrons. The third kappa shape index (κ3) is 4.21. The van der Waals surface area contributed by atoms with Crippen LogP contribution in [0.2, 0.25) is 0 Å². The number of carbonyl (C=O) groups is 1. The van der Waals surface area contributed by atoms with Crippen molar-refractivity contribution >= 4 is 33.2 Å². The molecule has 2 rings (SSSR count). The number of benzene rings is 1. The summed E-state index contributed by atoms with van der Waals surface area (Å²) in [7, 11) is 0. The van der Waals surface area contributed by atoms with Crippen LogP contribution in [-0.4, -0.2) is 18.6 Å². The normalized spacial score (nSPS) is 22.5. The van der Waals surface area contributed by atoms with Crippen LogP contribution in [0.4, 0.5) is 11.4 Å². The lowest BCUT2D eigenvalue weighted by Gasteiger charge is -2.28. The number of carbonyl (C=O) groups excluding carboxylic acids is 1. The molecule has 1 aromatic rings. The molecular formula is C15H21BrN2O2. The maximum Gasteiger partial charge on any atom is 0.250 e. The smallest absolute Gasteiger partial charge is 0.250 e. The van der Waals surface area contributed by atoms with Crippen molar-refractivity contribution in [3.05, 3.63) is 22.7 Å². The Hall–Kier alpha value is -1.07. The highest BCUT2D eigenvalue weighted by molar-refractivity contribution is 9.10. The number of anilines is 2. The first kappa shape index (κ1) is 15.3. The van der Waals surface area contributed by atoms with Gasteiger partial charge in [-0.1, -0.05) is 19.8 Å². The van der Waals surface area contributed by atoms with Crippen LogP contribution in [0.15, 0.2) is 22.7 Å². The van der Waals surface area contributed by atoms with E-state index in [1.807, 2.05) is 0 Å². The molecule has 2 unspecified atom stereocenters. The molecule has 0 bridgehead atoms. The van der Waals surface area contributed by atoms with Gasteiger partial charge in [0.25, 0.3) is 0 Å². The van der Waals surface area contributed by atoms with Gasteiger partial charge < -0.3 is 15.8 Å². The molecule has 20 heavy (non-hydrogen) atoms. The molecule has 1 fully saturated rings. The van der Waals surface area contributed by atoms with E-state index in [0.29, 0.717) is 17.3 Å². The summed E-state index contributed by atoms with van der Waals surface area (Å²) in [4.78, 5) is 11.9. The van der Waals surface area contributed by atoms with E-state index in [4.69, 9.17) is 10.5 Å². The van der Waals surface area contributed by atoms with Gasteiger partial charge in [-0.15, -0.1) is 0 Å². The van der Waals surface area contributed by atoms with E-state index in [0.717, 1.165) is 10.9 Å². The highest BCUT2D eigenvalue weighted by Crippen LogP contribution is 2.27. The molecule has 0 spiro atoms. The zero-order chi connectivity index (χ0) is 14.5. The Balaban J connectivity index is 1.83. The molecule has 2 atom stereocenters. The topological polar surface area (TPSA) is 64.3 Å². The number of hydrogen-bond donors (Lipinski definition) is 2. The van der Waals surface area contributed by atoms with Gasteiger partial charge in [0.15, 0.2) is 0 Å². The second-order valence-electron chi connectivity index (χ2n) is 5.40. The van der Waals surface area contributed by atoms with Crippen molar-refractivity contribution in [2.45, 2.75) is 38.7 Å². The molecule has 1 amide bonds. The summed E-state index contributed by atoms with van der Waals surface area (Å²) < 4.78 is 6.52. The number of hydrogen-bond acceptors (Lipinski definition) is 3. The molecule has 5 heteroatoms. The van der Waals surface area contributed by atoms with Crippen LogP contribution in [0.1, 0.15) is 32.6 Å². The number of nitrogens with two attached hydrogens (primary N) is 1. The minimum atomic E-state index is -0.131. The Labute approximate surface area is 128 Å². The van der Waals surface area contributed by atoms with Gasteiger partial charge in [-0.2, -0.15) is 0 Å². The maximum atomic E-state index is 11.9. The molecule has 0 heterocycles. The van der Waals surface area contributed by atoms with Gasteiger partial charge in [0.2, 0.25) is 5.91 Å². The molecule has 1 aliphatic carbocycles. The number of nitrogen functional groups attached to an aromatic ring is 1. The molecule has 4 nitrogen and oxygen atoms in total. The van der Waals surface area contributed by atoms with Crippen molar-refractivity contribution in [1.29, 1.82) is 0 Å². The lowest BCUT2D eigenvalue weighted by molar-refractivity contribution is -0.124. The van der Waals surface area contributed by atoms with E-state index in [-0.39, 0.29) is 18.6 Å². The van der Waals surface area contributed by atoms with Crippen LogP contribution in [0.3, 0.4) is 0 Å². The Morgan fingerprint density at radius 1 is 1.45 bits per heavy atom. The van der Waals surface area contributed by atoms with E-state index < -0.39 is 0 Å². The summed E-state index contributed by atoms with van der Waals surface area (Å²) in [6.07, 6.45) is 4.92. The van der Waals surface area contributed by atoms with Crippen molar-refractivity contribution in [2.75, 3.05) is 17.7 Å². The summed E-state index contributed by atoms with van der Waals surface area (Å²) in [6, 6.07) is 5.30. The molecule has 110 valence electrons. The highest BCUT2D eigenvalue weighted by atomic mass is 79.9. The number of ether oxygens (including phenoxy) is 1. The molecule has 1 aromatic carbocycles. The van der Waals surface area contributed by atoms with Crippen molar-refractivity contribution in [1.82, 2.24) is 0 Å². The predicted molar refractivity (Wildman–Crippen MR) is 84.6 cm³/mol. The van der Waals surface area contributed by atoms with Crippen molar-refractivity contribution in [3.63, 3.8) is 0 Å². The third-order valence-corrected chi connectivity index (χ3v) is 4.38. The second kappa shape index (κ2) is 7.09. The van der Waals surface area contributed by atoms with Gasteiger partial charge in [0, 0.05) is 10.2 Å². The van der Waals surface area contributed by atoms with Crippen molar-refractivity contribution in [3.8, 4) is 0 Å². The van der Waals surface area contributed by atoms with E-state index >= 15 is 0 Å². The fourth-order valence-electron chi connectivity index (χ4n) is 2.53. The minimum Gasteiger partial charge on any atom is -0.399 e. The van der Waals surface area contributed by atoms with Crippen LogP contribution in [0.5, 0.6) is 0 Å². The van der Waals surface area contributed by atoms with Gasteiger partial charge in [0.1, 0.15) is 6.61 Å². The van der Waals surface area contributed by atoms with Gasteiger partial charge >= 0.3 is 0 Å². The Morgan fingerprint density at radius 2 is 2.20 bits per heavy atom. The van der Waals surface area contributed by atoms with Crippen molar-refractivity contribution in [2.24, 2.45) is 5.92 Å². The summed E-state index contributed by atoms with van der Waals surface area (Å²) in [5, 5.41) is 2.83. The predicted octanol–water partition coefficient (Wildman–Crippen LogP) is 3.57. The Bertz CT molecular complexity index is 479. The van der Waals surface area contributed by atoms with E-state index in [1.54, 1.807) is 18.2 Å². The number of amides is 1. The van der Waals surface area contributed by atoms with Gasteiger partial charge in [-0.05, 0) is 52.9 Å². The average molecular weight is 341 g/mol. The standard InChI is InChI=1S/C15H21BrN2O2/c1-10-4-2-3-5-14(10)20-9-15(19)18-13-7-6-11(17)8-12(13)16/h6-8,10,14H,2-5,9,17H2,1H3,(H,18,19). The quantitative estimate of drug-likeness (QED) is 0.823. The van der Waals surface area contributed by atoms with Crippen LogP contribution in [-0.2, 0) is 9.53 Å². The molecule has 0 saturated heterocycles. The number of rotatable bonds is 4. The summed E-state index contributed by atoms with van der Waals surface area (Å²) in [5.41, 5.74) is 7.03. The van der Waals surface area contributed by atoms with Crippen molar-refractivity contribution < 1.29 is 9.53 Å².